The Morgan fingerprint density at radius 2 is 1.80 bits per heavy atom. The van der Waals surface area contributed by atoms with Gasteiger partial charge in [-0.3, -0.25) is 0 Å². The van der Waals surface area contributed by atoms with E-state index in [0.29, 0.717) is 4.90 Å². The zero-order valence-electron chi connectivity index (χ0n) is 11.2. The van der Waals surface area contributed by atoms with Crippen LogP contribution in [0.1, 0.15) is 13.8 Å². The van der Waals surface area contributed by atoms with Crippen LogP contribution in [0.3, 0.4) is 0 Å². The van der Waals surface area contributed by atoms with E-state index in [2.05, 4.69) is 5.32 Å². The first-order valence-corrected chi connectivity index (χ1v) is 6.05. The predicted molar refractivity (Wildman–Crippen MR) is 67.9 cm³/mol. The van der Waals surface area contributed by atoms with E-state index in [0.717, 1.165) is 12.1 Å². The van der Waals surface area contributed by atoms with E-state index < -0.39 is 24.6 Å². The van der Waals surface area contributed by atoms with Crippen LogP contribution in [0.4, 0.5) is 28.0 Å². The van der Waals surface area contributed by atoms with Gasteiger partial charge in [-0.1, -0.05) is 13.8 Å². The van der Waals surface area contributed by atoms with Crippen LogP contribution < -0.4 is 5.32 Å². The third-order valence-corrected chi connectivity index (χ3v) is 2.34. The highest BCUT2D eigenvalue weighted by molar-refractivity contribution is 5.89. The molecule has 1 N–H and O–H groups in total. The molecule has 3 nitrogen and oxygen atoms in total. The van der Waals surface area contributed by atoms with Crippen LogP contribution in [-0.2, 0) is 0 Å². The average Bonchev–Trinajstić information content (AvgIpc) is 2.29. The van der Waals surface area contributed by atoms with Crippen molar-refractivity contribution in [1.82, 2.24) is 4.90 Å². The van der Waals surface area contributed by atoms with Crippen LogP contribution in [0, 0.1) is 11.7 Å². The normalized spacial score (nSPS) is 11.6. The summed E-state index contributed by atoms with van der Waals surface area (Å²) in [7, 11) is 0. The predicted octanol–water partition coefficient (Wildman–Crippen LogP) is 3.88. The summed E-state index contributed by atoms with van der Waals surface area (Å²) in [6.07, 6.45) is -4.46. The molecule has 0 unspecified atom stereocenters. The topological polar surface area (TPSA) is 32.3 Å². The summed E-state index contributed by atoms with van der Waals surface area (Å²) in [5, 5.41) is 2.32. The van der Waals surface area contributed by atoms with Crippen LogP contribution in [-0.4, -0.2) is 30.2 Å². The fourth-order valence-electron chi connectivity index (χ4n) is 1.61. The molecule has 20 heavy (non-hydrogen) atoms. The van der Waals surface area contributed by atoms with Gasteiger partial charge in [0.15, 0.2) is 0 Å². The van der Waals surface area contributed by atoms with E-state index in [4.69, 9.17) is 0 Å². The summed E-state index contributed by atoms with van der Waals surface area (Å²) in [5.41, 5.74) is 0.243. The van der Waals surface area contributed by atoms with Crippen molar-refractivity contribution >= 4 is 11.7 Å². The van der Waals surface area contributed by atoms with Gasteiger partial charge in [0, 0.05) is 12.2 Å². The molecule has 0 spiro atoms. The molecule has 2 amide bonds. The van der Waals surface area contributed by atoms with Gasteiger partial charge in [-0.05, 0) is 30.2 Å². The highest BCUT2D eigenvalue weighted by Crippen LogP contribution is 2.18. The van der Waals surface area contributed by atoms with Gasteiger partial charge >= 0.3 is 12.2 Å². The highest BCUT2D eigenvalue weighted by atomic mass is 19.4. The zero-order valence-corrected chi connectivity index (χ0v) is 11.2. The molecule has 0 saturated carbocycles. The summed E-state index contributed by atoms with van der Waals surface area (Å²) < 4.78 is 50.0. The Morgan fingerprint density at radius 3 is 2.25 bits per heavy atom. The van der Waals surface area contributed by atoms with Gasteiger partial charge in [0.25, 0.3) is 0 Å². The molecule has 1 aromatic carbocycles. The number of hydrogen-bond acceptors (Lipinski definition) is 1. The van der Waals surface area contributed by atoms with Gasteiger partial charge in [0.05, 0.1) is 0 Å². The average molecular weight is 292 g/mol. The molecule has 1 aromatic rings. The fourth-order valence-corrected chi connectivity index (χ4v) is 1.61. The minimum atomic E-state index is -4.46. The van der Waals surface area contributed by atoms with Crippen molar-refractivity contribution in [2.24, 2.45) is 5.92 Å². The van der Waals surface area contributed by atoms with Gasteiger partial charge in [0.2, 0.25) is 0 Å². The van der Waals surface area contributed by atoms with Gasteiger partial charge < -0.3 is 10.2 Å². The van der Waals surface area contributed by atoms with Crippen molar-refractivity contribution < 1.29 is 22.4 Å². The van der Waals surface area contributed by atoms with E-state index in [1.807, 2.05) is 0 Å². The van der Waals surface area contributed by atoms with E-state index in [-0.39, 0.29) is 18.2 Å². The minimum Gasteiger partial charge on any atom is -0.315 e. The van der Waals surface area contributed by atoms with Gasteiger partial charge in [-0.25, -0.2) is 9.18 Å². The number of carbonyl (C=O) groups excluding carboxylic acids is 1. The second kappa shape index (κ2) is 6.58. The molecule has 0 saturated heterocycles. The fraction of sp³-hybridized carbons (Fsp3) is 0.462. The number of nitrogens with one attached hydrogen (secondary N) is 1. The summed E-state index contributed by atoms with van der Waals surface area (Å²) in [5.74, 6) is -0.589. The smallest absolute Gasteiger partial charge is 0.315 e. The zero-order chi connectivity index (χ0) is 15.3. The lowest BCUT2D eigenvalue weighted by Gasteiger charge is -2.25. The lowest BCUT2D eigenvalue weighted by atomic mass is 10.2. The van der Waals surface area contributed by atoms with Crippen molar-refractivity contribution in [1.29, 1.82) is 0 Å². The van der Waals surface area contributed by atoms with Crippen LogP contribution in [0.5, 0.6) is 0 Å². The molecule has 0 radical (unpaired) electrons. The Bertz CT molecular complexity index is 443. The molecule has 0 bridgehead atoms. The summed E-state index contributed by atoms with van der Waals surface area (Å²) in [4.78, 5) is 12.5. The maximum Gasteiger partial charge on any atom is 0.406 e. The molecule has 0 aliphatic carbocycles. The summed E-state index contributed by atoms with van der Waals surface area (Å²) in [6.45, 7) is 2.09. The number of amides is 2. The first kappa shape index (κ1) is 16.3. The van der Waals surface area contributed by atoms with Crippen LogP contribution in [0.25, 0.3) is 0 Å². The Morgan fingerprint density at radius 1 is 1.25 bits per heavy atom. The second-order valence-electron chi connectivity index (χ2n) is 4.83. The maximum atomic E-state index is 12.7. The second-order valence-corrected chi connectivity index (χ2v) is 4.83. The van der Waals surface area contributed by atoms with Crippen molar-refractivity contribution in [2.45, 2.75) is 20.0 Å². The summed E-state index contributed by atoms with van der Waals surface area (Å²) in [6, 6.07) is 3.95. The number of carbonyl (C=O) groups is 1. The SMILES string of the molecule is CC(C)CN(CC(F)(F)F)C(=O)Nc1ccc(F)cc1. The monoisotopic (exact) mass is 292 g/mol. The van der Waals surface area contributed by atoms with E-state index >= 15 is 0 Å². The first-order chi connectivity index (χ1) is 9.17. The quantitative estimate of drug-likeness (QED) is 0.839. The molecule has 1 rings (SSSR count). The third kappa shape index (κ3) is 5.90. The van der Waals surface area contributed by atoms with Crippen molar-refractivity contribution in [3.8, 4) is 0 Å². The van der Waals surface area contributed by atoms with Gasteiger partial charge in [-0.15, -0.1) is 0 Å². The van der Waals surface area contributed by atoms with Crippen LogP contribution in [0.15, 0.2) is 24.3 Å². The molecule has 7 heteroatoms. The molecule has 0 aliphatic heterocycles. The first-order valence-electron chi connectivity index (χ1n) is 6.05. The van der Waals surface area contributed by atoms with Gasteiger partial charge in [0.1, 0.15) is 12.4 Å². The number of urea groups is 1. The standard InChI is InChI=1S/C13H16F4N2O/c1-9(2)7-19(8-13(15,16)17)12(20)18-11-5-3-10(14)4-6-11/h3-6,9H,7-8H2,1-2H3,(H,18,20). The maximum absolute atomic E-state index is 12.7. The van der Waals surface area contributed by atoms with Crippen LogP contribution >= 0.6 is 0 Å². The van der Waals surface area contributed by atoms with Gasteiger partial charge in [-0.2, -0.15) is 13.2 Å². The molecular formula is C13H16F4N2O. The van der Waals surface area contributed by atoms with Crippen molar-refractivity contribution in [3.63, 3.8) is 0 Å². The molecule has 112 valence electrons. The number of benzene rings is 1. The molecule has 0 heterocycles. The Balaban J connectivity index is 2.74. The number of alkyl halides is 3. The van der Waals surface area contributed by atoms with Crippen molar-refractivity contribution in [2.75, 3.05) is 18.4 Å². The molecule has 0 aliphatic rings. The highest BCUT2D eigenvalue weighted by Gasteiger charge is 2.33. The molecule has 0 atom stereocenters. The third-order valence-electron chi connectivity index (χ3n) is 2.34. The Labute approximate surface area is 114 Å². The number of hydrogen-bond donors (Lipinski definition) is 1. The number of anilines is 1. The Kier molecular flexibility index (Phi) is 5.35. The van der Waals surface area contributed by atoms with Crippen LogP contribution in [0.2, 0.25) is 0 Å². The number of rotatable bonds is 4. The molecule has 0 aromatic heterocycles. The van der Waals surface area contributed by atoms with Crippen molar-refractivity contribution in [3.05, 3.63) is 30.1 Å². The minimum absolute atomic E-state index is 0.0213. The number of nitrogens with zero attached hydrogens (tertiary/aromatic N) is 1. The lowest BCUT2D eigenvalue weighted by Crippen LogP contribution is -2.43. The number of halogens is 4. The molecular weight excluding hydrogens is 276 g/mol. The largest absolute Gasteiger partial charge is 0.406 e. The molecule has 0 fully saturated rings. The van der Waals surface area contributed by atoms with E-state index in [9.17, 15) is 22.4 Å². The van der Waals surface area contributed by atoms with E-state index in [1.54, 1.807) is 13.8 Å². The summed E-state index contributed by atoms with van der Waals surface area (Å²) >= 11 is 0. The Hall–Kier alpha value is -1.79. The lowest BCUT2D eigenvalue weighted by molar-refractivity contribution is -0.140. The van der Waals surface area contributed by atoms with E-state index in [1.165, 1.54) is 12.1 Å².